The molecule has 6 N–H and O–H groups in total. The predicted octanol–water partition coefficient (Wildman–Crippen LogP) is 0.573. The molecule has 0 aromatic carbocycles. The molecule has 3 aliphatic rings. The summed E-state index contributed by atoms with van der Waals surface area (Å²) in [4.78, 5) is 41.0. The highest BCUT2D eigenvalue weighted by Crippen LogP contribution is 2.30. The van der Waals surface area contributed by atoms with Gasteiger partial charge in [0.1, 0.15) is 11.8 Å². The zero-order valence-corrected chi connectivity index (χ0v) is 20.6. The number of rotatable bonds is 7. The highest BCUT2D eigenvalue weighted by atomic mass is 16.3. The van der Waals surface area contributed by atoms with Gasteiger partial charge in [-0.15, -0.1) is 0 Å². The van der Waals surface area contributed by atoms with Gasteiger partial charge in [0.05, 0.1) is 12.1 Å². The average molecular weight is 482 g/mol. The van der Waals surface area contributed by atoms with Crippen LogP contribution >= 0.6 is 0 Å². The van der Waals surface area contributed by atoms with Crippen LogP contribution in [-0.2, 0) is 9.59 Å². The van der Waals surface area contributed by atoms with Gasteiger partial charge in [-0.25, -0.2) is 4.79 Å². The summed E-state index contributed by atoms with van der Waals surface area (Å²) in [6.07, 6.45) is 5.68. The quantitative estimate of drug-likeness (QED) is 0.314. The van der Waals surface area contributed by atoms with Crippen molar-refractivity contribution in [3.05, 3.63) is 0 Å². The fourth-order valence-electron chi connectivity index (χ4n) is 5.29. The molecule has 2 aliphatic heterocycles. The Balaban J connectivity index is 1.68. The molecule has 0 spiro atoms. The Hall–Kier alpha value is -1.91. The van der Waals surface area contributed by atoms with E-state index in [2.05, 4.69) is 21.3 Å². The first-order valence-corrected chi connectivity index (χ1v) is 13.0. The fraction of sp³-hybridized carbons (Fsp3) is 0.875. The Bertz CT molecular complexity index is 706. The smallest absolute Gasteiger partial charge is 0.318 e. The maximum Gasteiger partial charge on any atom is 0.318 e. The van der Waals surface area contributed by atoms with Gasteiger partial charge in [-0.3, -0.25) is 14.9 Å². The van der Waals surface area contributed by atoms with Gasteiger partial charge in [-0.05, 0) is 57.4 Å². The van der Waals surface area contributed by atoms with E-state index >= 15 is 0 Å². The van der Waals surface area contributed by atoms with Crippen LogP contribution in [0.4, 0.5) is 4.79 Å². The number of nitrogens with zero attached hydrogens (tertiary/aromatic N) is 1. The topological polar surface area (TPSA) is 143 Å². The summed E-state index contributed by atoms with van der Waals surface area (Å²) >= 11 is 0. The lowest BCUT2D eigenvalue weighted by Gasteiger charge is -2.39. The number of hydrogen-bond donors (Lipinski definition) is 6. The van der Waals surface area contributed by atoms with Crippen LogP contribution in [0.1, 0.15) is 78.1 Å². The number of nitrogens with one attached hydrogen (secondary N) is 4. The summed E-state index contributed by atoms with van der Waals surface area (Å²) in [6.45, 7) is 5.73. The molecular weight excluding hydrogens is 438 g/mol. The van der Waals surface area contributed by atoms with Gasteiger partial charge in [-0.2, -0.15) is 0 Å². The van der Waals surface area contributed by atoms with Crippen molar-refractivity contribution in [3.8, 4) is 0 Å². The van der Waals surface area contributed by atoms with Crippen LogP contribution in [0.25, 0.3) is 0 Å². The number of likely N-dealkylation sites (tertiary alicyclic amines) is 1. The Morgan fingerprint density at radius 1 is 1.00 bits per heavy atom. The first-order valence-electron chi connectivity index (χ1n) is 13.0. The maximum atomic E-state index is 13.6. The molecular formula is C24H43N5O5. The van der Waals surface area contributed by atoms with Gasteiger partial charge in [-0.1, -0.05) is 33.1 Å². The Morgan fingerprint density at radius 2 is 1.68 bits per heavy atom. The monoisotopic (exact) mass is 481 g/mol. The number of aliphatic hydroxyl groups excluding tert-OH is 2. The second-order valence-electron chi connectivity index (χ2n) is 10.5. The summed E-state index contributed by atoms with van der Waals surface area (Å²) in [5.74, 6) is -1.19. The van der Waals surface area contributed by atoms with Crippen molar-refractivity contribution in [2.45, 2.75) is 108 Å². The lowest BCUT2D eigenvalue weighted by atomic mass is 9.80. The van der Waals surface area contributed by atoms with E-state index in [1.54, 1.807) is 4.90 Å². The molecule has 1 unspecified atom stereocenters. The third-order valence-corrected chi connectivity index (χ3v) is 7.51. The average Bonchev–Trinajstić information content (AvgIpc) is 3.29. The van der Waals surface area contributed by atoms with Gasteiger partial charge in [0, 0.05) is 13.1 Å². The molecule has 0 aromatic heterocycles. The van der Waals surface area contributed by atoms with E-state index < -0.39 is 35.9 Å². The fourth-order valence-corrected chi connectivity index (χ4v) is 5.29. The van der Waals surface area contributed by atoms with Crippen molar-refractivity contribution < 1.29 is 24.6 Å². The Labute approximate surface area is 202 Å². The molecule has 34 heavy (non-hydrogen) atoms. The molecule has 10 heteroatoms. The van der Waals surface area contributed by atoms with E-state index in [9.17, 15) is 24.6 Å². The van der Waals surface area contributed by atoms with Gasteiger partial charge in [0.2, 0.25) is 5.91 Å². The first kappa shape index (κ1) is 26.7. The number of carbonyl (C=O) groups excluding carboxylic acids is 3. The molecule has 1 saturated carbocycles. The van der Waals surface area contributed by atoms with Crippen molar-refractivity contribution in [2.75, 3.05) is 19.6 Å². The van der Waals surface area contributed by atoms with Crippen molar-refractivity contribution in [3.63, 3.8) is 0 Å². The summed E-state index contributed by atoms with van der Waals surface area (Å²) in [7, 11) is 0. The largest absolute Gasteiger partial charge is 0.381 e. The summed E-state index contributed by atoms with van der Waals surface area (Å²) in [6, 6.07) is -1.55. The third-order valence-electron chi connectivity index (χ3n) is 7.51. The molecule has 4 atom stereocenters. The second-order valence-corrected chi connectivity index (χ2v) is 10.5. The summed E-state index contributed by atoms with van der Waals surface area (Å²) < 4.78 is 0. The Kier molecular flexibility index (Phi) is 9.56. The zero-order valence-electron chi connectivity index (χ0n) is 20.6. The van der Waals surface area contributed by atoms with Gasteiger partial charge < -0.3 is 31.1 Å². The molecule has 0 radical (unpaired) electrons. The van der Waals surface area contributed by atoms with Crippen LogP contribution in [0.3, 0.4) is 0 Å². The number of aliphatic hydroxyl groups is 2. The van der Waals surface area contributed by atoms with Crippen LogP contribution in [0.15, 0.2) is 0 Å². The standard InChI is InChI=1S/C24H43N5O5/c1-16(2)18(19(30)21(32)26-17-10-4-7-13-25-20(17)31)27-22(33)24(11-5-3-6-12-24)28-23(34)29-14-8-9-15-29/h16-20,25,30-31H,3-15H2,1-2H3,(H,26,32)(H,27,33)(H,28,34)/t17-,18-,19+,20?/m0/s1. The molecule has 4 amide bonds. The molecule has 194 valence electrons. The van der Waals surface area contributed by atoms with Crippen molar-refractivity contribution in [2.24, 2.45) is 5.92 Å². The molecule has 3 fully saturated rings. The minimum absolute atomic E-state index is 0.219. The summed E-state index contributed by atoms with van der Waals surface area (Å²) in [5.41, 5.74) is -1.04. The number of urea groups is 1. The first-order chi connectivity index (χ1) is 16.2. The number of amides is 4. The van der Waals surface area contributed by atoms with Gasteiger partial charge >= 0.3 is 6.03 Å². The highest BCUT2D eigenvalue weighted by Gasteiger charge is 2.44. The van der Waals surface area contributed by atoms with E-state index in [-0.39, 0.29) is 17.9 Å². The van der Waals surface area contributed by atoms with Crippen molar-refractivity contribution in [1.82, 2.24) is 26.2 Å². The van der Waals surface area contributed by atoms with E-state index in [1.807, 2.05) is 13.8 Å². The van der Waals surface area contributed by atoms with Crippen LogP contribution < -0.4 is 21.3 Å². The lowest BCUT2D eigenvalue weighted by molar-refractivity contribution is -0.136. The molecule has 1 aliphatic carbocycles. The zero-order chi connectivity index (χ0) is 24.7. The van der Waals surface area contributed by atoms with Gasteiger partial charge in [0.25, 0.3) is 5.91 Å². The van der Waals surface area contributed by atoms with Gasteiger partial charge in [0.15, 0.2) is 6.10 Å². The minimum Gasteiger partial charge on any atom is -0.381 e. The molecule has 0 bridgehead atoms. The lowest BCUT2D eigenvalue weighted by Crippen LogP contribution is -2.65. The number of hydrogen-bond acceptors (Lipinski definition) is 6. The van der Waals surface area contributed by atoms with E-state index in [1.165, 1.54) is 0 Å². The molecule has 2 saturated heterocycles. The normalized spacial score (nSPS) is 26.9. The van der Waals surface area contributed by atoms with Crippen LogP contribution in [0.5, 0.6) is 0 Å². The third kappa shape index (κ3) is 6.60. The van der Waals surface area contributed by atoms with Crippen LogP contribution in [0, 0.1) is 5.92 Å². The molecule has 0 aromatic rings. The summed E-state index contributed by atoms with van der Waals surface area (Å²) in [5, 5.41) is 32.7. The molecule has 10 nitrogen and oxygen atoms in total. The van der Waals surface area contributed by atoms with E-state index in [0.29, 0.717) is 38.9 Å². The predicted molar refractivity (Wildman–Crippen MR) is 128 cm³/mol. The molecule has 3 rings (SSSR count). The molecule has 2 heterocycles. The second kappa shape index (κ2) is 12.2. The minimum atomic E-state index is -1.48. The Morgan fingerprint density at radius 3 is 2.32 bits per heavy atom. The number of carbonyl (C=O) groups is 3. The van der Waals surface area contributed by atoms with E-state index in [0.717, 1.165) is 44.9 Å². The van der Waals surface area contributed by atoms with Crippen LogP contribution in [-0.4, -0.2) is 82.5 Å². The van der Waals surface area contributed by atoms with E-state index in [4.69, 9.17) is 0 Å². The SMILES string of the molecule is CC(C)[C@H](NC(=O)C1(NC(=O)N2CCCC2)CCCCC1)[C@@H](O)C(=O)N[C@H]1CCCCNC1O. The maximum absolute atomic E-state index is 13.6. The van der Waals surface area contributed by atoms with Crippen molar-refractivity contribution >= 4 is 17.8 Å². The van der Waals surface area contributed by atoms with Crippen molar-refractivity contribution in [1.29, 1.82) is 0 Å². The van der Waals surface area contributed by atoms with Crippen LogP contribution in [0.2, 0.25) is 0 Å². The highest BCUT2D eigenvalue weighted by molar-refractivity contribution is 5.92.